The van der Waals surface area contributed by atoms with Gasteiger partial charge in [0.1, 0.15) is 29.1 Å². The van der Waals surface area contributed by atoms with Gasteiger partial charge in [0.05, 0.1) is 36.0 Å². The molecular weight excluding hydrogens is 631 g/mol. The third kappa shape index (κ3) is 9.47. The van der Waals surface area contributed by atoms with Crippen LogP contribution in [0, 0.1) is 11.3 Å². The van der Waals surface area contributed by atoms with Gasteiger partial charge in [0.2, 0.25) is 5.91 Å². The van der Waals surface area contributed by atoms with E-state index >= 15 is 0 Å². The minimum absolute atomic E-state index is 0.0590. The molecule has 252 valence electrons. The summed E-state index contributed by atoms with van der Waals surface area (Å²) < 4.78 is 47.4. The van der Waals surface area contributed by atoms with Crippen molar-refractivity contribution in [1.29, 1.82) is 5.26 Å². The number of likely N-dealkylation sites (N-methyl/N-ethyl adjacent to an activating group) is 1. The number of benzene rings is 2. The normalized spacial score (nSPS) is 16.2. The molecule has 1 aromatic heterocycles. The molecule has 2 heterocycles. The molecular formula is C31H40FN8O6S+. The summed E-state index contributed by atoms with van der Waals surface area (Å²) in [5, 5.41) is 16.1. The largest absolute Gasteiger partial charge is 0.444 e. The number of hydrogen-bond donors (Lipinski definition) is 4. The lowest BCUT2D eigenvalue weighted by molar-refractivity contribution is -0.121. The number of carbonyl (C=O) groups excluding carboxylic acids is 2. The van der Waals surface area contributed by atoms with E-state index in [9.17, 15) is 32.8 Å². The van der Waals surface area contributed by atoms with Gasteiger partial charge in [0, 0.05) is 38.8 Å². The first-order valence-electron chi connectivity index (χ1n) is 15.1. The topological polar surface area (TPSA) is 182 Å². The zero-order valence-electron chi connectivity index (χ0n) is 26.8. The number of alkyl halides is 1. The van der Waals surface area contributed by atoms with Gasteiger partial charge in [-0.3, -0.25) is 14.2 Å². The van der Waals surface area contributed by atoms with E-state index < -0.39 is 28.5 Å². The van der Waals surface area contributed by atoms with Crippen molar-refractivity contribution in [2.45, 2.75) is 58.4 Å². The van der Waals surface area contributed by atoms with Crippen molar-refractivity contribution >= 4 is 50.6 Å². The number of hydrogen-bond acceptors (Lipinski definition) is 8. The van der Waals surface area contributed by atoms with E-state index in [2.05, 4.69) is 20.3 Å². The number of carbonyl (C=O) groups is 2. The number of nitrogens with one attached hydrogen (secondary N) is 3. The monoisotopic (exact) mass is 671 g/mol. The first-order chi connectivity index (χ1) is 22.2. The van der Waals surface area contributed by atoms with E-state index in [1.54, 1.807) is 58.2 Å². The molecule has 14 nitrogen and oxygen atoms in total. The number of nitriles is 1. The highest BCUT2D eigenvalue weighted by Gasteiger charge is 2.42. The van der Waals surface area contributed by atoms with Crippen LogP contribution in [0.5, 0.6) is 0 Å². The lowest BCUT2D eigenvalue weighted by Crippen LogP contribution is -2.40. The van der Waals surface area contributed by atoms with Gasteiger partial charge in [0.15, 0.2) is 0 Å². The van der Waals surface area contributed by atoms with E-state index in [1.165, 1.54) is 21.9 Å². The minimum atomic E-state index is -3.82. The molecule has 4 N–H and O–H groups in total. The Morgan fingerprint density at radius 2 is 2.00 bits per heavy atom. The van der Waals surface area contributed by atoms with Gasteiger partial charge in [0.25, 0.3) is 5.56 Å². The molecule has 47 heavy (non-hydrogen) atoms. The SMILES string of the molecule is CN(CCNC(=O)CCCn1cnc2ccc(Nc3cccc(N[S+](=O)(O)N4CC[C@@H](F)C4)c3C#N)cc2c1=O)C(=O)OC(C)(C)C. The summed E-state index contributed by atoms with van der Waals surface area (Å²) in [5.74, 6) is -0.218. The van der Waals surface area contributed by atoms with Crippen LogP contribution in [0.4, 0.5) is 26.2 Å². The molecule has 1 aliphatic heterocycles. The van der Waals surface area contributed by atoms with Crippen molar-refractivity contribution < 1.29 is 27.5 Å². The molecule has 0 spiro atoms. The molecule has 2 atom stereocenters. The molecule has 3 aromatic rings. The minimum Gasteiger partial charge on any atom is -0.444 e. The molecule has 1 fully saturated rings. The molecule has 0 aliphatic carbocycles. The standard InChI is InChI=1S/C31H39FN8O6S/c1-31(2,3)46-30(43)38(4)16-13-34-28(41)9-6-14-39-20-35-25-11-10-22(17-23(25)29(39)42)36-26-7-5-8-27(24(26)18-33)37-47(44,45)40-15-12-21(32)19-40/h5,7-8,10-11,17,20-21,36H,6,9,12-16,19H2,1-4H3,(H2-,34,37,41,44,45)/p+1/t21-/m1/s1. The highest BCUT2D eigenvalue weighted by Crippen LogP contribution is 2.30. The zero-order chi connectivity index (χ0) is 34.4. The van der Waals surface area contributed by atoms with Crippen LogP contribution < -0.4 is 20.9 Å². The Morgan fingerprint density at radius 3 is 2.68 bits per heavy atom. The van der Waals surface area contributed by atoms with Gasteiger partial charge < -0.3 is 20.3 Å². The number of rotatable bonds is 12. The van der Waals surface area contributed by atoms with Crippen molar-refractivity contribution in [3.8, 4) is 6.07 Å². The highest BCUT2D eigenvalue weighted by molar-refractivity contribution is 7.96. The molecule has 4 rings (SSSR count). The maximum absolute atomic E-state index is 13.6. The number of halogens is 1. The average molecular weight is 672 g/mol. The van der Waals surface area contributed by atoms with Crippen LogP contribution in [0.25, 0.3) is 10.9 Å². The highest BCUT2D eigenvalue weighted by atomic mass is 32.3. The number of fused-ring (bicyclic) bond motifs is 1. The second-order valence-corrected chi connectivity index (χ2v) is 13.9. The molecule has 1 aliphatic rings. The van der Waals surface area contributed by atoms with Crippen molar-refractivity contribution in [2.24, 2.45) is 0 Å². The van der Waals surface area contributed by atoms with Gasteiger partial charge >= 0.3 is 16.7 Å². The summed E-state index contributed by atoms with van der Waals surface area (Å²) in [6, 6.07) is 11.7. The van der Waals surface area contributed by atoms with Gasteiger partial charge in [-0.1, -0.05) is 10.4 Å². The van der Waals surface area contributed by atoms with Crippen LogP contribution in [0.3, 0.4) is 0 Å². The van der Waals surface area contributed by atoms with E-state index in [-0.39, 0.29) is 68.3 Å². The number of anilines is 3. The van der Waals surface area contributed by atoms with Crippen molar-refractivity contribution in [3.05, 3.63) is 58.6 Å². The molecule has 1 unspecified atom stereocenters. The fourth-order valence-electron chi connectivity index (χ4n) is 4.83. The van der Waals surface area contributed by atoms with Crippen LogP contribution in [0.1, 0.15) is 45.6 Å². The Hall–Kier alpha value is -4.59. The van der Waals surface area contributed by atoms with Crippen molar-refractivity contribution in [2.75, 3.05) is 43.3 Å². The second-order valence-electron chi connectivity index (χ2n) is 12.2. The molecule has 0 bridgehead atoms. The average Bonchev–Trinajstić information content (AvgIpc) is 3.45. The quantitative estimate of drug-likeness (QED) is 0.207. The number of aryl methyl sites for hydroxylation is 1. The third-order valence-electron chi connectivity index (χ3n) is 7.24. The summed E-state index contributed by atoms with van der Waals surface area (Å²) in [4.78, 5) is 43.4. The number of nitrogens with zero attached hydrogens (tertiary/aromatic N) is 5. The maximum atomic E-state index is 13.6. The van der Waals surface area contributed by atoms with Gasteiger partial charge in [-0.05, 0) is 68.2 Å². The second kappa shape index (κ2) is 14.9. The number of aromatic nitrogens is 2. The number of ether oxygens (including phenoxy) is 1. The zero-order valence-corrected chi connectivity index (χ0v) is 27.6. The van der Waals surface area contributed by atoms with E-state index in [1.807, 2.05) is 6.07 Å². The molecule has 2 amide bonds. The first-order valence-corrected chi connectivity index (χ1v) is 16.6. The fraction of sp³-hybridized carbons (Fsp3) is 0.452. The molecule has 16 heteroatoms. The predicted octanol–water partition coefficient (Wildman–Crippen LogP) is 4.03. The molecule has 0 radical (unpaired) electrons. The molecule has 2 aromatic carbocycles. The van der Waals surface area contributed by atoms with Crippen LogP contribution >= 0.6 is 0 Å². The van der Waals surface area contributed by atoms with Crippen LogP contribution in [-0.2, 0) is 30.9 Å². The Kier molecular flexibility index (Phi) is 11.2. The first kappa shape index (κ1) is 35.3. The summed E-state index contributed by atoms with van der Waals surface area (Å²) in [6.45, 7) is 6.03. The summed E-state index contributed by atoms with van der Waals surface area (Å²) >= 11 is 0. The molecule has 1 saturated heterocycles. The molecule has 0 saturated carbocycles. The maximum Gasteiger partial charge on any atom is 0.410 e. The summed E-state index contributed by atoms with van der Waals surface area (Å²) in [5.41, 5.74) is 0.480. The van der Waals surface area contributed by atoms with Gasteiger partial charge in [-0.25, -0.2) is 14.2 Å². The predicted molar refractivity (Wildman–Crippen MR) is 177 cm³/mol. The van der Waals surface area contributed by atoms with Gasteiger partial charge in [-0.15, -0.1) is 4.55 Å². The third-order valence-corrected chi connectivity index (χ3v) is 8.76. The van der Waals surface area contributed by atoms with E-state index in [0.717, 1.165) is 4.31 Å². The van der Waals surface area contributed by atoms with E-state index in [4.69, 9.17) is 4.74 Å². The van der Waals surface area contributed by atoms with Gasteiger partial charge in [-0.2, -0.15) is 9.98 Å². The lowest BCUT2D eigenvalue weighted by Gasteiger charge is -2.24. The summed E-state index contributed by atoms with van der Waals surface area (Å²) in [7, 11) is -2.23. The number of amides is 2. The Labute approximate surface area is 273 Å². The fourth-order valence-corrected chi connectivity index (χ4v) is 6.13. The van der Waals surface area contributed by atoms with Crippen LogP contribution in [0.15, 0.2) is 47.5 Å². The Morgan fingerprint density at radius 1 is 1.26 bits per heavy atom. The summed E-state index contributed by atoms with van der Waals surface area (Å²) in [6.07, 6.45) is 0.435. The lowest BCUT2D eigenvalue weighted by atomic mass is 10.1. The van der Waals surface area contributed by atoms with Crippen molar-refractivity contribution in [1.82, 2.24) is 24.1 Å². The Bertz CT molecular complexity index is 1770. The Balaban J connectivity index is 1.37. The van der Waals surface area contributed by atoms with Crippen molar-refractivity contribution in [3.63, 3.8) is 0 Å². The van der Waals surface area contributed by atoms with E-state index in [0.29, 0.717) is 28.7 Å². The van der Waals surface area contributed by atoms with Crippen LogP contribution in [-0.4, -0.2) is 80.3 Å². The van der Waals surface area contributed by atoms with Crippen LogP contribution in [0.2, 0.25) is 0 Å². The smallest absolute Gasteiger partial charge is 0.410 e.